The van der Waals surface area contributed by atoms with E-state index in [0.29, 0.717) is 0 Å². The first-order valence-electron chi connectivity index (χ1n) is 12.6. The summed E-state index contributed by atoms with van der Waals surface area (Å²) in [6.07, 6.45) is 10.7. The number of carboxylic acid groups (broad SMARTS) is 1. The summed E-state index contributed by atoms with van der Waals surface area (Å²) in [5.74, 6) is -0.712. The molecule has 0 fully saturated rings. The molecule has 1 aromatic heterocycles. The number of hydrogen-bond acceptors (Lipinski definition) is 3. The Bertz CT molecular complexity index is 1310. The van der Waals surface area contributed by atoms with Crippen molar-refractivity contribution in [2.24, 2.45) is 0 Å². The number of carboxylic acids is 1. The highest BCUT2D eigenvalue weighted by atomic mass is 32.2. The van der Waals surface area contributed by atoms with Crippen LogP contribution in [0.4, 0.5) is 5.69 Å². The van der Waals surface area contributed by atoms with Gasteiger partial charge in [0.25, 0.3) is 0 Å². The van der Waals surface area contributed by atoms with Gasteiger partial charge in [0.05, 0.1) is 56.1 Å². The Morgan fingerprint density at radius 3 is 2.69 bits per heavy atom. The first-order valence-corrected chi connectivity index (χ1v) is 13.4. The minimum atomic E-state index is -0.712. The molecule has 1 aliphatic rings. The lowest BCUT2D eigenvalue weighted by Gasteiger charge is -2.29. The fourth-order valence-corrected chi connectivity index (χ4v) is 5.91. The van der Waals surface area contributed by atoms with Gasteiger partial charge in [-0.2, -0.15) is 4.57 Å². The van der Waals surface area contributed by atoms with Gasteiger partial charge in [0.15, 0.2) is 12.7 Å². The van der Waals surface area contributed by atoms with Crippen molar-refractivity contribution < 1.29 is 19.0 Å². The predicted molar refractivity (Wildman–Crippen MR) is 150 cm³/mol. The third-order valence-corrected chi connectivity index (χ3v) is 7.98. The number of para-hydroxylation sites is 1. The SMILES string of the molecule is Cc1ccc2c(c1)S/C(=C\C=C\c1cc[n+](CCC[N+](C)(C)CCCC(=O)O)c3ccccc13)N2C. The lowest BCUT2D eigenvalue weighted by Crippen LogP contribution is -2.44. The van der Waals surface area contributed by atoms with Crippen LogP contribution in [0.3, 0.4) is 0 Å². The number of thioether (sulfide) groups is 1. The fraction of sp³-hybridized carbons (Fsp3) is 0.333. The minimum Gasteiger partial charge on any atom is -0.481 e. The topological polar surface area (TPSA) is 44.4 Å². The monoisotopic (exact) mass is 503 g/mol. The summed E-state index contributed by atoms with van der Waals surface area (Å²) in [4.78, 5) is 14.4. The second kappa shape index (κ2) is 11.3. The number of benzene rings is 2. The van der Waals surface area contributed by atoms with Gasteiger partial charge in [-0.15, -0.1) is 0 Å². The number of aliphatic carboxylic acids is 1. The van der Waals surface area contributed by atoms with Gasteiger partial charge in [-0.25, -0.2) is 0 Å². The average molecular weight is 504 g/mol. The lowest BCUT2D eigenvalue weighted by atomic mass is 10.1. The maximum atomic E-state index is 10.8. The maximum absolute atomic E-state index is 10.8. The van der Waals surface area contributed by atoms with Crippen LogP contribution in [0.5, 0.6) is 0 Å². The number of aromatic nitrogens is 1. The van der Waals surface area contributed by atoms with E-state index in [0.717, 1.165) is 37.0 Å². The third kappa shape index (κ3) is 6.37. The summed E-state index contributed by atoms with van der Waals surface area (Å²) < 4.78 is 3.18. The molecule has 0 radical (unpaired) electrons. The predicted octanol–water partition coefficient (Wildman–Crippen LogP) is 5.86. The second-order valence-corrected chi connectivity index (χ2v) is 11.3. The molecular formula is C30H37N3O2S+2. The number of nitrogens with zero attached hydrogens (tertiary/aromatic N) is 3. The Morgan fingerprint density at radius 2 is 1.89 bits per heavy atom. The summed E-state index contributed by atoms with van der Waals surface area (Å²) in [5.41, 5.74) is 5.00. The molecule has 0 atom stereocenters. The summed E-state index contributed by atoms with van der Waals surface area (Å²) in [7, 11) is 6.50. The standard InChI is InChI=1S/C30H36N3O2S/c1-23-15-16-27-28(22-23)36-29(31(27)2)13-7-10-24-17-19-32(26-12-6-5-11-25(24)26)18-9-21-33(3,4)20-8-14-30(34)35/h5-7,10-13,15-17,19,22H,8-9,14,18,20-21H2,1-4H3/q+1/p+1. The van der Waals surface area contributed by atoms with Crippen molar-refractivity contribution in [3.63, 3.8) is 0 Å². The number of allylic oxidation sites excluding steroid dienone is 2. The van der Waals surface area contributed by atoms with Crippen molar-refractivity contribution in [1.82, 2.24) is 0 Å². The summed E-state index contributed by atoms with van der Waals surface area (Å²) in [6.45, 7) is 4.98. The molecule has 0 amide bonds. The van der Waals surface area contributed by atoms with E-state index in [-0.39, 0.29) is 6.42 Å². The van der Waals surface area contributed by atoms with E-state index in [4.69, 9.17) is 5.11 Å². The number of fused-ring (bicyclic) bond motifs is 2. The van der Waals surface area contributed by atoms with Crippen LogP contribution in [0.1, 0.15) is 30.4 Å². The Labute approximate surface area is 218 Å². The zero-order valence-electron chi connectivity index (χ0n) is 21.8. The summed E-state index contributed by atoms with van der Waals surface area (Å²) in [5, 5.41) is 11.4. The first-order chi connectivity index (χ1) is 17.2. The van der Waals surface area contributed by atoms with Crippen LogP contribution in [0.2, 0.25) is 0 Å². The molecule has 1 N–H and O–H groups in total. The van der Waals surface area contributed by atoms with Crippen molar-refractivity contribution in [2.75, 3.05) is 39.1 Å². The molecule has 5 nitrogen and oxygen atoms in total. The molecule has 4 rings (SSSR count). The van der Waals surface area contributed by atoms with Crippen molar-refractivity contribution in [1.29, 1.82) is 0 Å². The highest BCUT2D eigenvalue weighted by Gasteiger charge is 2.21. The summed E-state index contributed by atoms with van der Waals surface area (Å²) >= 11 is 1.82. The van der Waals surface area contributed by atoms with Crippen LogP contribution in [0, 0.1) is 6.92 Å². The fourth-order valence-electron chi connectivity index (χ4n) is 4.75. The van der Waals surface area contributed by atoms with E-state index in [2.05, 4.69) is 110 Å². The minimum absolute atomic E-state index is 0.244. The molecule has 0 saturated carbocycles. The molecule has 2 heterocycles. The van der Waals surface area contributed by atoms with Gasteiger partial charge in [0.1, 0.15) is 0 Å². The number of pyridine rings is 1. The van der Waals surface area contributed by atoms with Crippen molar-refractivity contribution >= 4 is 40.4 Å². The van der Waals surface area contributed by atoms with Gasteiger partial charge in [-0.05, 0) is 42.3 Å². The average Bonchev–Trinajstić information content (AvgIpc) is 3.14. The number of carbonyl (C=O) groups is 1. The molecule has 1 aliphatic heterocycles. The van der Waals surface area contributed by atoms with Crippen molar-refractivity contribution in [2.45, 2.75) is 37.6 Å². The highest BCUT2D eigenvalue weighted by molar-refractivity contribution is 8.03. The molecule has 0 saturated heterocycles. The van der Waals surface area contributed by atoms with Gasteiger partial charge in [0.2, 0.25) is 5.52 Å². The highest BCUT2D eigenvalue weighted by Crippen LogP contribution is 2.45. The molecule has 0 spiro atoms. The first kappa shape index (κ1) is 26.0. The van der Waals surface area contributed by atoms with E-state index in [1.54, 1.807) is 0 Å². The zero-order chi connectivity index (χ0) is 25.7. The number of anilines is 1. The van der Waals surface area contributed by atoms with Gasteiger partial charge in [0, 0.05) is 30.5 Å². The molecule has 3 aromatic rings. The van der Waals surface area contributed by atoms with E-state index < -0.39 is 5.97 Å². The van der Waals surface area contributed by atoms with Crippen molar-refractivity contribution in [3.8, 4) is 0 Å². The van der Waals surface area contributed by atoms with Crippen LogP contribution >= 0.6 is 11.8 Å². The Morgan fingerprint density at radius 1 is 1.11 bits per heavy atom. The molecule has 6 heteroatoms. The number of rotatable bonds is 10. The van der Waals surface area contributed by atoms with E-state index in [9.17, 15) is 4.79 Å². The van der Waals surface area contributed by atoms with Crippen LogP contribution in [0.15, 0.2) is 76.8 Å². The van der Waals surface area contributed by atoms with E-state index in [1.807, 2.05) is 11.8 Å². The van der Waals surface area contributed by atoms with Crippen LogP contribution in [0.25, 0.3) is 17.0 Å². The second-order valence-electron chi connectivity index (χ2n) is 10.2. The quantitative estimate of drug-likeness (QED) is 0.278. The molecular weight excluding hydrogens is 466 g/mol. The third-order valence-electron chi connectivity index (χ3n) is 6.81. The summed E-state index contributed by atoms with van der Waals surface area (Å²) in [6, 6.07) is 17.4. The van der Waals surface area contributed by atoms with Crippen LogP contribution in [-0.4, -0.2) is 49.8 Å². The van der Waals surface area contributed by atoms with Crippen LogP contribution < -0.4 is 9.47 Å². The van der Waals surface area contributed by atoms with Gasteiger partial charge < -0.3 is 14.5 Å². The Hall–Kier alpha value is -3.09. The number of hydrogen-bond donors (Lipinski definition) is 1. The number of quaternary nitrogens is 1. The molecule has 36 heavy (non-hydrogen) atoms. The lowest BCUT2D eigenvalue weighted by molar-refractivity contribution is -0.892. The smallest absolute Gasteiger partial charge is 0.303 e. The Balaban J connectivity index is 1.44. The zero-order valence-corrected chi connectivity index (χ0v) is 22.6. The van der Waals surface area contributed by atoms with E-state index >= 15 is 0 Å². The van der Waals surface area contributed by atoms with Gasteiger partial charge in [-0.3, -0.25) is 4.79 Å². The largest absolute Gasteiger partial charge is 0.481 e. The molecule has 0 unspecified atom stereocenters. The van der Waals surface area contributed by atoms with Crippen molar-refractivity contribution in [3.05, 3.63) is 83.0 Å². The normalized spacial score (nSPS) is 14.8. The molecule has 0 bridgehead atoms. The number of aryl methyl sites for hydroxylation is 2. The Kier molecular flexibility index (Phi) is 8.17. The maximum Gasteiger partial charge on any atom is 0.303 e. The molecule has 0 aliphatic carbocycles. The van der Waals surface area contributed by atoms with E-state index in [1.165, 1.54) is 37.6 Å². The van der Waals surface area contributed by atoms with Crippen LogP contribution in [-0.2, 0) is 11.3 Å². The molecule has 2 aromatic carbocycles. The van der Waals surface area contributed by atoms with Gasteiger partial charge in [-0.1, -0.05) is 42.1 Å². The van der Waals surface area contributed by atoms with Gasteiger partial charge >= 0.3 is 5.97 Å². The molecule has 188 valence electrons.